The first-order chi connectivity index (χ1) is 14.3. The van der Waals surface area contributed by atoms with Crippen LogP contribution >= 0.6 is 11.6 Å². The number of allylic oxidation sites excluding steroid dienone is 5. The zero-order valence-corrected chi connectivity index (χ0v) is 18.4. The lowest BCUT2D eigenvalue weighted by Crippen LogP contribution is -2.33. The third-order valence-electron chi connectivity index (χ3n) is 4.50. The summed E-state index contributed by atoms with van der Waals surface area (Å²) in [7, 11) is 3.09. The molecule has 2 aromatic rings. The van der Waals surface area contributed by atoms with Crippen LogP contribution < -0.4 is 14.4 Å². The maximum absolute atomic E-state index is 13.1. The number of carbonyl (C=O) groups is 1. The summed E-state index contributed by atoms with van der Waals surface area (Å²) in [6.45, 7) is 5.52. The Morgan fingerprint density at radius 1 is 1.17 bits per heavy atom. The Bertz CT molecular complexity index is 1060. The SMILES string of the molecule is COc1cc2ncnc(N(C(=O)OC(C)C)C3=CC(Cl)=C(C)CC=C3)c2cc1OC. The van der Waals surface area contributed by atoms with Crippen molar-refractivity contribution in [3.8, 4) is 11.5 Å². The molecule has 0 unspecified atom stereocenters. The highest BCUT2D eigenvalue weighted by Gasteiger charge is 2.26. The number of rotatable bonds is 5. The lowest BCUT2D eigenvalue weighted by molar-refractivity contribution is 0.124. The van der Waals surface area contributed by atoms with E-state index >= 15 is 0 Å². The van der Waals surface area contributed by atoms with Gasteiger partial charge in [0.25, 0.3) is 0 Å². The van der Waals surface area contributed by atoms with Gasteiger partial charge in [-0.05, 0) is 45.4 Å². The van der Waals surface area contributed by atoms with Crippen molar-refractivity contribution in [2.45, 2.75) is 33.3 Å². The van der Waals surface area contributed by atoms with E-state index in [1.807, 2.05) is 19.1 Å². The van der Waals surface area contributed by atoms with Crippen molar-refractivity contribution >= 4 is 34.4 Å². The standard InChI is InChI=1S/C22H24ClN3O4/c1-13(2)30-22(27)26(15-8-6-7-14(3)17(23)9-15)21-16-10-19(28-4)20(29-5)11-18(16)24-12-25-21/h6,8-13H,7H2,1-5H3. The summed E-state index contributed by atoms with van der Waals surface area (Å²) in [5.74, 6) is 1.38. The molecule has 0 spiro atoms. The van der Waals surface area contributed by atoms with Crippen LogP contribution in [0.2, 0.25) is 0 Å². The van der Waals surface area contributed by atoms with Gasteiger partial charge in [0.2, 0.25) is 0 Å². The quantitative estimate of drug-likeness (QED) is 0.637. The summed E-state index contributed by atoms with van der Waals surface area (Å²) < 4.78 is 16.3. The molecular formula is C22H24ClN3O4. The maximum atomic E-state index is 13.1. The average Bonchev–Trinajstić information content (AvgIpc) is 2.87. The Hall–Kier alpha value is -3.06. The molecule has 0 saturated carbocycles. The number of fused-ring (bicyclic) bond motifs is 1. The van der Waals surface area contributed by atoms with Crippen LogP contribution in [0.25, 0.3) is 10.9 Å². The summed E-state index contributed by atoms with van der Waals surface area (Å²) in [6, 6.07) is 3.47. The molecule has 30 heavy (non-hydrogen) atoms. The highest BCUT2D eigenvalue weighted by molar-refractivity contribution is 6.31. The zero-order chi connectivity index (χ0) is 21.8. The van der Waals surface area contributed by atoms with Gasteiger partial charge in [-0.1, -0.05) is 23.3 Å². The Kier molecular flexibility index (Phi) is 6.62. The van der Waals surface area contributed by atoms with Crippen LogP contribution in [0, 0.1) is 0 Å². The van der Waals surface area contributed by atoms with Gasteiger partial charge < -0.3 is 14.2 Å². The van der Waals surface area contributed by atoms with Gasteiger partial charge in [0, 0.05) is 16.5 Å². The number of ether oxygens (including phenoxy) is 3. The maximum Gasteiger partial charge on any atom is 0.420 e. The summed E-state index contributed by atoms with van der Waals surface area (Å²) in [4.78, 5) is 23.2. The Morgan fingerprint density at radius 3 is 2.53 bits per heavy atom. The van der Waals surface area contributed by atoms with E-state index in [2.05, 4.69) is 9.97 Å². The summed E-state index contributed by atoms with van der Waals surface area (Å²) >= 11 is 6.43. The van der Waals surface area contributed by atoms with Gasteiger partial charge >= 0.3 is 6.09 Å². The largest absolute Gasteiger partial charge is 0.493 e. The van der Waals surface area contributed by atoms with Gasteiger partial charge in [-0.2, -0.15) is 0 Å². The number of hydrogen-bond acceptors (Lipinski definition) is 6. The monoisotopic (exact) mass is 429 g/mol. The number of anilines is 1. The highest BCUT2D eigenvalue weighted by Crippen LogP contribution is 2.36. The van der Waals surface area contributed by atoms with Crippen molar-refractivity contribution in [1.82, 2.24) is 9.97 Å². The molecule has 0 fully saturated rings. The van der Waals surface area contributed by atoms with E-state index in [1.165, 1.54) is 11.2 Å². The van der Waals surface area contributed by atoms with Gasteiger partial charge in [-0.3, -0.25) is 0 Å². The molecule has 0 radical (unpaired) electrons. The molecule has 1 heterocycles. The molecule has 1 aliphatic rings. The number of benzene rings is 1. The van der Waals surface area contributed by atoms with Crippen molar-refractivity contribution in [3.63, 3.8) is 0 Å². The molecule has 3 rings (SSSR count). The van der Waals surface area contributed by atoms with Gasteiger partial charge in [-0.25, -0.2) is 19.7 Å². The highest BCUT2D eigenvalue weighted by atomic mass is 35.5. The fourth-order valence-corrected chi connectivity index (χ4v) is 3.20. The lowest BCUT2D eigenvalue weighted by Gasteiger charge is -2.24. The molecule has 1 amide bonds. The molecule has 158 valence electrons. The second-order valence-corrected chi connectivity index (χ2v) is 7.40. The molecule has 0 aliphatic heterocycles. The number of methoxy groups -OCH3 is 2. The van der Waals surface area contributed by atoms with E-state index in [0.717, 1.165) is 5.57 Å². The molecule has 0 atom stereocenters. The summed E-state index contributed by atoms with van der Waals surface area (Å²) in [6.07, 6.45) is 6.69. The van der Waals surface area contributed by atoms with Crippen molar-refractivity contribution in [3.05, 3.63) is 53.0 Å². The summed E-state index contributed by atoms with van der Waals surface area (Å²) in [5, 5.41) is 1.17. The predicted molar refractivity (Wildman–Crippen MR) is 117 cm³/mol. The van der Waals surface area contributed by atoms with Crippen LogP contribution in [0.3, 0.4) is 0 Å². The molecular weight excluding hydrogens is 406 g/mol. The van der Waals surface area contributed by atoms with Crippen molar-refractivity contribution in [1.29, 1.82) is 0 Å². The van der Waals surface area contributed by atoms with Crippen LogP contribution in [0.1, 0.15) is 27.2 Å². The van der Waals surface area contributed by atoms with E-state index < -0.39 is 6.09 Å². The zero-order valence-electron chi connectivity index (χ0n) is 17.6. The fourth-order valence-electron chi connectivity index (χ4n) is 3.01. The molecule has 1 aromatic heterocycles. The van der Waals surface area contributed by atoms with Crippen LogP contribution in [0.15, 0.2) is 53.0 Å². The van der Waals surface area contributed by atoms with Gasteiger partial charge in [0.1, 0.15) is 6.33 Å². The smallest absolute Gasteiger partial charge is 0.420 e. The molecule has 8 heteroatoms. The number of amides is 1. The van der Waals surface area contributed by atoms with Crippen molar-refractivity contribution < 1.29 is 19.0 Å². The summed E-state index contributed by atoms with van der Waals surface area (Å²) in [5.41, 5.74) is 2.13. The molecule has 0 saturated heterocycles. The Balaban J connectivity index is 2.25. The van der Waals surface area contributed by atoms with E-state index in [1.54, 1.807) is 46.3 Å². The lowest BCUT2D eigenvalue weighted by atomic mass is 10.2. The van der Waals surface area contributed by atoms with Crippen LogP contribution in [0.4, 0.5) is 10.6 Å². The first kappa shape index (κ1) is 21.6. The number of aromatic nitrogens is 2. The van der Waals surface area contributed by atoms with Crippen LogP contribution in [-0.2, 0) is 4.74 Å². The second-order valence-electron chi connectivity index (χ2n) is 6.99. The minimum atomic E-state index is -0.570. The minimum absolute atomic E-state index is 0.314. The number of halogens is 1. The van der Waals surface area contributed by atoms with Crippen molar-refractivity contribution in [2.75, 3.05) is 19.1 Å². The molecule has 0 bridgehead atoms. The third kappa shape index (κ3) is 4.41. The van der Waals surface area contributed by atoms with E-state index in [4.69, 9.17) is 25.8 Å². The second kappa shape index (κ2) is 9.17. The number of hydrogen-bond donors (Lipinski definition) is 0. The predicted octanol–water partition coefficient (Wildman–Crippen LogP) is 5.36. The van der Waals surface area contributed by atoms with E-state index in [-0.39, 0.29) is 6.10 Å². The topological polar surface area (TPSA) is 73.8 Å². The van der Waals surface area contributed by atoms with E-state index in [0.29, 0.717) is 45.4 Å². The Morgan fingerprint density at radius 2 is 1.87 bits per heavy atom. The minimum Gasteiger partial charge on any atom is -0.493 e. The Labute approximate surface area is 180 Å². The molecule has 7 nitrogen and oxygen atoms in total. The average molecular weight is 430 g/mol. The molecule has 0 N–H and O–H groups in total. The number of nitrogens with zero attached hydrogens (tertiary/aromatic N) is 3. The molecule has 1 aliphatic carbocycles. The molecule has 1 aromatic carbocycles. The normalized spacial score (nSPS) is 13.9. The van der Waals surface area contributed by atoms with Crippen LogP contribution in [-0.4, -0.2) is 36.4 Å². The van der Waals surface area contributed by atoms with Gasteiger partial charge in [0.15, 0.2) is 17.3 Å². The number of carbonyl (C=O) groups excluding carboxylic acids is 1. The third-order valence-corrected chi connectivity index (χ3v) is 4.94. The van der Waals surface area contributed by atoms with Crippen LogP contribution in [0.5, 0.6) is 11.5 Å². The first-order valence-corrected chi connectivity index (χ1v) is 9.84. The first-order valence-electron chi connectivity index (χ1n) is 9.46. The van der Waals surface area contributed by atoms with Gasteiger partial charge in [-0.15, -0.1) is 0 Å². The fraction of sp³-hybridized carbons (Fsp3) is 0.318. The van der Waals surface area contributed by atoms with E-state index in [9.17, 15) is 4.79 Å². The van der Waals surface area contributed by atoms with Crippen molar-refractivity contribution in [2.24, 2.45) is 0 Å². The van der Waals surface area contributed by atoms with Gasteiger partial charge in [0.05, 0.1) is 31.5 Å².